The summed E-state index contributed by atoms with van der Waals surface area (Å²) in [5.41, 5.74) is 5.73. The molecular weight excluding hydrogens is 236 g/mol. The third-order valence-electron chi connectivity index (χ3n) is 6.48. The van der Waals surface area contributed by atoms with Crippen LogP contribution in [0.1, 0.15) is 38.5 Å². The van der Waals surface area contributed by atoms with Crippen LogP contribution < -0.4 is 5.73 Å². The second-order valence-corrected chi connectivity index (χ2v) is 7.70. The number of hydrogen-bond acceptors (Lipinski definition) is 2. The highest BCUT2D eigenvalue weighted by Crippen LogP contribution is 2.56. The molecule has 0 aromatic rings. The van der Waals surface area contributed by atoms with Crippen molar-refractivity contribution in [2.45, 2.75) is 38.5 Å². The van der Waals surface area contributed by atoms with Crippen LogP contribution >= 0.6 is 0 Å². The maximum Gasteiger partial charge on any atom is 0.222 e. The van der Waals surface area contributed by atoms with Crippen molar-refractivity contribution < 1.29 is 4.79 Å². The van der Waals surface area contributed by atoms with Gasteiger partial charge >= 0.3 is 0 Å². The molecule has 5 rings (SSSR count). The zero-order valence-electron chi connectivity index (χ0n) is 11.8. The van der Waals surface area contributed by atoms with Gasteiger partial charge in [-0.2, -0.15) is 0 Å². The molecule has 1 amide bonds. The highest BCUT2D eigenvalue weighted by atomic mass is 16.2. The topological polar surface area (TPSA) is 46.3 Å². The van der Waals surface area contributed by atoms with Gasteiger partial charge in [0.2, 0.25) is 5.91 Å². The number of likely N-dealkylation sites (tertiary alicyclic amines) is 1. The van der Waals surface area contributed by atoms with Gasteiger partial charge in [0.15, 0.2) is 0 Å². The van der Waals surface area contributed by atoms with E-state index in [1.165, 1.54) is 32.1 Å². The molecule has 1 aliphatic heterocycles. The van der Waals surface area contributed by atoms with Crippen molar-refractivity contribution in [1.29, 1.82) is 0 Å². The number of carbonyl (C=O) groups excluding carboxylic acids is 1. The Morgan fingerprint density at radius 2 is 1.68 bits per heavy atom. The predicted molar refractivity (Wildman–Crippen MR) is 74.3 cm³/mol. The van der Waals surface area contributed by atoms with E-state index >= 15 is 0 Å². The van der Waals surface area contributed by atoms with E-state index in [-0.39, 0.29) is 0 Å². The van der Waals surface area contributed by atoms with Crippen LogP contribution in [0.5, 0.6) is 0 Å². The first kappa shape index (κ1) is 12.2. The summed E-state index contributed by atoms with van der Waals surface area (Å²) in [5, 5.41) is 0. The molecule has 1 heterocycles. The number of rotatable bonds is 3. The van der Waals surface area contributed by atoms with Crippen LogP contribution in [0.2, 0.25) is 0 Å². The lowest BCUT2D eigenvalue weighted by Crippen LogP contribution is -2.49. The van der Waals surface area contributed by atoms with Crippen LogP contribution in [0.15, 0.2) is 0 Å². The Bertz CT molecular complexity index is 353. The summed E-state index contributed by atoms with van der Waals surface area (Å²) >= 11 is 0. The summed E-state index contributed by atoms with van der Waals surface area (Å²) in [7, 11) is 0. The molecule has 0 spiro atoms. The van der Waals surface area contributed by atoms with E-state index in [0.717, 1.165) is 42.7 Å². The Kier molecular flexibility index (Phi) is 2.87. The first-order valence-electron chi connectivity index (χ1n) is 8.20. The van der Waals surface area contributed by atoms with Crippen molar-refractivity contribution in [2.75, 3.05) is 19.6 Å². The van der Waals surface area contributed by atoms with E-state index in [0.29, 0.717) is 24.8 Å². The molecule has 0 aromatic heterocycles. The van der Waals surface area contributed by atoms with Crippen molar-refractivity contribution >= 4 is 5.91 Å². The smallest absolute Gasteiger partial charge is 0.222 e. The SMILES string of the molecule is NCC1CC(=O)N(CC2C3CC4CC(C3)CC2C4)C1. The van der Waals surface area contributed by atoms with Crippen molar-refractivity contribution in [2.24, 2.45) is 41.2 Å². The zero-order chi connectivity index (χ0) is 13.0. The van der Waals surface area contributed by atoms with E-state index in [1.54, 1.807) is 0 Å². The Morgan fingerprint density at radius 3 is 2.21 bits per heavy atom. The predicted octanol–water partition coefficient (Wildman–Crippen LogP) is 1.87. The van der Waals surface area contributed by atoms with Gasteiger partial charge in [-0.15, -0.1) is 0 Å². The zero-order valence-corrected chi connectivity index (χ0v) is 11.8. The molecule has 3 heteroatoms. The molecule has 1 unspecified atom stereocenters. The quantitative estimate of drug-likeness (QED) is 0.844. The number of nitrogens with two attached hydrogens (primary N) is 1. The molecule has 5 aliphatic rings. The number of hydrogen-bond donors (Lipinski definition) is 1. The molecule has 0 aromatic carbocycles. The summed E-state index contributed by atoms with van der Waals surface area (Å²) in [6, 6.07) is 0. The average molecular weight is 262 g/mol. The first-order chi connectivity index (χ1) is 9.22. The third kappa shape index (κ3) is 2.01. The van der Waals surface area contributed by atoms with Crippen LogP contribution in [0, 0.1) is 35.5 Å². The van der Waals surface area contributed by atoms with Gasteiger partial charge in [0.1, 0.15) is 0 Å². The Hall–Kier alpha value is -0.570. The van der Waals surface area contributed by atoms with E-state index in [2.05, 4.69) is 4.90 Å². The largest absolute Gasteiger partial charge is 0.342 e. The molecule has 1 atom stereocenters. The molecule has 0 radical (unpaired) electrons. The summed E-state index contributed by atoms with van der Waals surface area (Å²) in [6.07, 6.45) is 8.04. The number of carbonyl (C=O) groups is 1. The van der Waals surface area contributed by atoms with E-state index in [1.807, 2.05) is 0 Å². The summed E-state index contributed by atoms with van der Waals surface area (Å²) in [4.78, 5) is 14.2. The third-order valence-corrected chi connectivity index (χ3v) is 6.48. The van der Waals surface area contributed by atoms with Crippen molar-refractivity contribution in [3.05, 3.63) is 0 Å². The first-order valence-corrected chi connectivity index (χ1v) is 8.20. The molecular formula is C16H26N2O. The molecule has 2 N–H and O–H groups in total. The standard InChI is InChI=1S/C16H26N2O/c17-7-12-6-16(19)18(8-12)9-15-13-2-10-1-11(4-13)5-14(15)3-10/h10-15H,1-9,17H2. The van der Waals surface area contributed by atoms with E-state index < -0.39 is 0 Å². The van der Waals surface area contributed by atoms with E-state index in [9.17, 15) is 4.79 Å². The molecule has 106 valence electrons. The molecule has 4 saturated carbocycles. The van der Waals surface area contributed by atoms with Crippen LogP contribution in [0.4, 0.5) is 0 Å². The summed E-state index contributed by atoms with van der Waals surface area (Å²) in [5.74, 6) is 5.53. The van der Waals surface area contributed by atoms with Gasteiger partial charge in [0.25, 0.3) is 0 Å². The van der Waals surface area contributed by atoms with E-state index in [4.69, 9.17) is 5.73 Å². The lowest BCUT2D eigenvalue weighted by Gasteiger charge is -2.55. The monoisotopic (exact) mass is 262 g/mol. The average Bonchev–Trinajstić information content (AvgIpc) is 2.74. The lowest BCUT2D eigenvalue weighted by atomic mass is 9.52. The van der Waals surface area contributed by atoms with Gasteiger partial charge in [-0.1, -0.05) is 0 Å². The van der Waals surface area contributed by atoms with Crippen LogP contribution in [-0.2, 0) is 4.79 Å². The Balaban J connectivity index is 1.44. The molecule has 4 aliphatic carbocycles. The maximum atomic E-state index is 12.1. The van der Waals surface area contributed by atoms with Crippen LogP contribution in [-0.4, -0.2) is 30.4 Å². The second-order valence-electron chi connectivity index (χ2n) is 7.70. The highest BCUT2D eigenvalue weighted by Gasteiger charge is 2.49. The van der Waals surface area contributed by atoms with Gasteiger partial charge < -0.3 is 10.6 Å². The summed E-state index contributed by atoms with van der Waals surface area (Å²) < 4.78 is 0. The van der Waals surface area contributed by atoms with Gasteiger partial charge in [-0.05, 0) is 74.2 Å². The molecule has 19 heavy (non-hydrogen) atoms. The number of nitrogens with zero attached hydrogens (tertiary/aromatic N) is 1. The fraction of sp³-hybridized carbons (Fsp3) is 0.938. The van der Waals surface area contributed by atoms with Gasteiger partial charge in [-0.25, -0.2) is 0 Å². The normalized spacial score (nSPS) is 48.3. The lowest BCUT2D eigenvalue weighted by molar-refractivity contribution is -0.130. The fourth-order valence-corrected chi connectivity index (χ4v) is 5.78. The molecule has 1 saturated heterocycles. The van der Waals surface area contributed by atoms with Crippen molar-refractivity contribution in [1.82, 2.24) is 4.90 Å². The minimum Gasteiger partial charge on any atom is -0.342 e. The minimum absolute atomic E-state index is 0.365. The number of amides is 1. The molecule has 3 nitrogen and oxygen atoms in total. The fourth-order valence-electron chi connectivity index (χ4n) is 5.78. The van der Waals surface area contributed by atoms with Crippen molar-refractivity contribution in [3.63, 3.8) is 0 Å². The summed E-state index contributed by atoms with van der Waals surface area (Å²) in [6.45, 7) is 2.64. The molecule has 4 bridgehead atoms. The van der Waals surface area contributed by atoms with Gasteiger partial charge in [0, 0.05) is 19.5 Å². The maximum absolute atomic E-state index is 12.1. The molecule has 5 fully saturated rings. The van der Waals surface area contributed by atoms with Gasteiger partial charge in [0.05, 0.1) is 0 Å². The van der Waals surface area contributed by atoms with Crippen molar-refractivity contribution in [3.8, 4) is 0 Å². The van der Waals surface area contributed by atoms with Crippen LogP contribution in [0.3, 0.4) is 0 Å². The van der Waals surface area contributed by atoms with Crippen LogP contribution in [0.25, 0.3) is 0 Å². The van der Waals surface area contributed by atoms with Gasteiger partial charge in [-0.3, -0.25) is 4.79 Å². The minimum atomic E-state index is 0.365. The Labute approximate surface area is 115 Å². The Morgan fingerprint density at radius 1 is 1.05 bits per heavy atom. The highest BCUT2D eigenvalue weighted by molar-refractivity contribution is 5.78. The second kappa shape index (κ2) is 4.47.